The van der Waals surface area contributed by atoms with Gasteiger partial charge in [-0.2, -0.15) is 0 Å². The van der Waals surface area contributed by atoms with E-state index in [1.165, 1.54) is 0 Å². The number of anilines is 1. The van der Waals surface area contributed by atoms with Gasteiger partial charge in [0.05, 0.1) is 6.20 Å². The summed E-state index contributed by atoms with van der Waals surface area (Å²) in [7, 11) is 1.86. The van der Waals surface area contributed by atoms with Gasteiger partial charge in [0, 0.05) is 30.9 Å². The molecule has 3 aliphatic heterocycles. The van der Waals surface area contributed by atoms with Crippen LogP contribution in [0.1, 0.15) is 23.5 Å². The fourth-order valence-electron chi connectivity index (χ4n) is 3.78. The molecular weight excluding hydrogens is 304 g/mol. The van der Waals surface area contributed by atoms with Crippen molar-refractivity contribution >= 4 is 11.6 Å². The summed E-state index contributed by atoms with van der Waals surface area (Å²) < 4.78 is 5.72. The molecule has 0 radical (unpaired) electrons. The highest BCUT2D eigenvalue weighted by molar-refractivity contribution is 5.90. The van der Waals surface area contributed by atoms with Crippen LogP contribution in [0.2, 0.25) is 0 Å². The fourth-order valence-corrected chi connectivity index (χ4v) is 3.78. The highest BCUT2D eigenvalue weighted by Crippen LogP contribution is 2.29. The van der Waals surface area contributed by atoms with Gasteiger partial charge in [-0.25, -0.2) is 4.98 Å². The summed E-state index contributed by atoms with van der Waals surface area (Å²) in [6, 6.07) is 8.00. The van der Waals surface area contributed by atoms with E-state index in [4.69, 9.17) is 4.42 Å². The van der Waals surface area contributed by atoms with E-state index in [-0.39, 0.29) is 17.8 Å². The van der Waals surface area contributed by atoms with E-state index in [9.17, 15) is 4.79 Å². The number of nitrogens with zero attached hydrogens (tertiary/aromatic N) is 2. The third-order valence-electron chi connectivity index (χ3n) is 5.13. The second kappa shape index (κ2) is 6.28. The van der Waals surface area contributed by atoms with Crippen LogP contribution in [0.15, 0.2) is 34.9 Å². The van der Waals surface area contributed by atoms with E-state index in [0.717, 1.165) is 43.7 Å². The van der Waals surface area contributed by atoms with Gasteiger partial charge in [0.15, 0.2) is 5.76 Å². The lowest BCUT2D eigenvalue weighted by Crippen LogP contribution is -2.57. The van der Waals surface area contributed by atoms with Crippen molar-refractivity contribution in [1.29, 1.82) is 0 Å². The molecule has 2 bridgehead atoms. The number of carbonyl (C=O) groups excluding carboxylic acids is 1. The molecule has 3 saturated heterocycles. The predicted molar refractivity (Wildman–Crippen MR) is 91.9 cm³/mol. The van der Waals surface area contributed by atoms with E-state index < -0.39 is 0 Å². The second-order valence-corrected chi connectivity index (χ2v) is 6.54. The highest BCUT2D eigenvalue weighted by atomic mass is 16.4. The molecule has 6 nitrogen and oxygen atoms in total. The van der Waals surface area contributed by atoms with Crippen LogP contribution in [0, 0.1) is 5.92 Å². The van der Waals surface area contributed by atoms with Gasteiger partial charge in [-0.3, -0.25) is 4.79 Å². The normalized spacial score (nSPS) is 25.5. The van der Waals surface area contributed by atoms with Crippen molar-refractivity contribution < 1.29 is 9.21 Å². The van der Waals surface area contributed by atoms with Gasteiger partial charge >= 0.3 is 5.91 Å². The Hall–Kier alpha value is -2.34. The van der Waals surface area contributed by atoms with Crippen LogP contribution >= 0.6 is 0 Å². The quantitative estimate of drug-likeness (QED) is 0.901. The number of hydrogen-bond donors (Lipinski definition) is 2. The van der Waals surface area contributed by atoms with Crippen LogP contribution in [-0.4, -0.2) is 48.5 Å². The topological polar surface area (TPSA) is 70.4 Å². The number of aromatic nitrogens is 1. The molecule has 0 saturated carbocycles. The fraction of sp³-hybridized carbons (Fsp3) is 0.444. The molecule has 5 rings (SSSR count). The maximum Gasteiger partial charge on any atom is 0.307 e. The van der Waals surface area contributed by atoms with Crippen LogP contribution in [0.25, 0.3) is 11.3 Å². The van der Waals surface area contributed by atoms with Gasteiger partial charge in [-0.1, -0.05) is 12.1 Å². The van der Waals surface area contributed by atoms with Crippen LogP contribution in [0.3, 0.4) is 0 Å². The van der Waals surface area contributed by atoms with E-state index >= 15 is 0 Å². The van der Waals surface area contributed by atoms with Gasteiger partial charge in [0.25, 0.3) is 5.89 Å². The first-order chi connectivity index (χ1) is 11.7. The molecule has 24 heavy (non-hydrogen) atoms. The smallest absolute Gasteiger partial charge is 0.307 e. The van der Waals surface area contributed by atoms with Crippen LogP contribution in [0.4, 0.5) is 5.69 Å². The number of hydrogen-bond acceptors (Lipinski definition) is 5. The molecule has 0 aliphatic carbocycles. The number of rotatable bonds is 4. The van der Waals surface area contributed by atoms with Crippen molar-refractivity contribution in [2.24, 2.45) is 5.92 Å². The number of amides is 1. The van der Waals surface area contributed by atoms with Gasteiger partial charge in [0.1, 0.15) is 0 Å². The molecule has 126 valence electrons. The summed E-state index contributed by atoms with van der Waals surface area (Å²) in [6.45, 7) is 3.24. The number of fused-ring (bicyclic) bond motifs is 3. The van der Waals surface area contributed by atoms with Gasteiger partial charge in [-0.15, -0.1) is 0 Å². The molecule has 1 aromatic carbocycles. The lowest BCUT2D eigenvalue weighted by Gasteiger charge is -2.44. The highest BCUT2D eigenvalue weighted by Gasteiger charge is 2.35. The van der Waals surface area contributed by atoms with Crippen molar-refractivity contribution in [3.8, 4) is 11.3 Å². The van der Waals surface area contributed by atoms with Crippen molar-refractivity contribution in [3.63, 3.8) is 0 Å². The zero-order valence-electron chi connectivity index (χ0n) is 13.8. The largest absolute Gasteiger partial charge is 0.432 e. The first-order valence-electron chi connectivity index (χ1n) is 8.51. The SMILES string of the molecule is CNc1ccccc1-c1cnc(C(=O)N[C@H]2CN3CCC2CC3)o1. The molecule has 0 spiro atoms. The molecule has 6 heteroatoms. The maximum absolute atomic E-state index is 12.5. The minimum atomic E-state index is -0.220. The molecule has 0 unspecified atom stereocenters. The Labute approximate surface area is 141 Å². The molecule has 3 fully saturated rings. The maximum atomic E-state index is 12.5. The minimum Gasteiger partial charge on any atom is -0.432 e. The zero-order chi connectivity index (χ0) is 16.5. The number of oxazole rings is 1. The summed E-state index contributed by atoms with van der Waals surface area (Å²) in [5.74, 6) is 1.09. The average molecular weight is 326 g/mol. The summed E-state index contributed by atoms with van der Waals surface area (Å²) >= 11 is 0. The van der Waals surface area contributed by atoms with E-state index in [1.807, 2.05) is 31.3 Å². The summed E-state index contributed by atoms with van der Waals surface area (Å²) in [6.07, 6.45) is 3.94. The van der Waals surface area contributed by atoms with E-state index in [2.05, 4.69) is 20.5 Å². The Morgan fingerprint density at radius 3 is 2.79 bits per heavy atom. The molecule has 1 amide bonds. The molecule has 4 heterocycles. The summed E-state index contributed by atoms with van der Waals surface area (Å²) in [5.41, 5.74) is 1.84. The third-order valence-corrected chi connectivity index (χ3v) is 5.13. The second-order valence-electron chi connectivity index (χ2n) is 6.54. The average Bonchev–Trinajstić information content (AvgIpc) is 3.13. The Kier molecular flexibility index (Phi) is 3.98. The van der Waals surface area contributed by atoms with Crippen LogP contribution in [0.5, 0.6) is 0 Å². The van der Waals surface area contributed by atoms with E-state index in [0.29, 0.717) is 11.7 Å². The molecule has 2 N–H and O–H groups in total. The molecule has 2 aromatic rings. The lowest BCUT2D eigenvalue weighted by atomic mass is 9.84. The Bertz CT molecular complexity index is 734. The first-order valence-corrected chi connectivity index (χ1v) is 8.51. The molecular formula is C18H22N4O2. The summed E-state index contributed by atoms with van der Waals surface area (Å²) in [4.78, 5) is 19.1. The van der Waals surface area contributed by atoms with Crippen molar-refractivity contribution in [1.82, 2.24) is 15.2 Å². The van der Waals surface area contributed by atoms with Crippen molar-refractivity contribution in [2.45, 2.75) is 18.9 Å². The molecule has 1 atom stereocenters. The van der Waals surface area contributed by atoms with Gasteiger partial charge in [-0.05, 0) is 44.0 Å². The number of carbonyl (C=O) groups is 1. The number of benzene rings is 1. The van der Waals surface area contributed by atoms with Crippen LogP contribution in [-0.2, 0) is 0 Å². The monoisotopic (exact) mass is 326 g/mol. The number of piperidine rings is 3. The van der Waals surface area contributed by atoms with E-state index in [1.54, 1.807) is 6.20 Å². The number of nitrogens with one attached hydrogen (secondary N) is 2. The van der Waals surface area contributed by atoms with Crippen molar-refractivity contribution in [2.75, 3.05) is 32.0 Å². The third kappa shape index (κ3) is 2.78. The first kappa shape index (κ1) is 15.2. The Balaban J connectivity index is 1.49. The number of para-hydroxylation sites is 1. The minimum absolute atomic E-state index is 0.132. The Morgan fingerprint density at radius 1 is 1.29 bits per heavy atom. The lowest BCUT2D eigenvalue weighted by molar-refractivity contribution is 0.0602. The predicted octanol–water partition coefficient (Wildman–Crippen LogP) is 2.21. The standard InChI is InChI=1S/C18H22N4O2/c1-19-14-5-3-2-4-13(14)16-10-20-18(24-16)17(23)21-15-11-22-8-6-12(15)7-9-22/h2-5,10,12,15,19H,6-9,11H2,1H3,(H,21,23)/t15-/m0/s1. The van der Waals surface area contributed by atoms with Gasteiger partial charge in [0.2, 0.25) is 0 Å². The molecule has 3 aliphatic rings. The van der Waals surface area contributed by atoms with Gasteiger partial charge < -0.3 is 20.0 Å². The zero-order valence-corrected chi connectivity index (χ0v) is 13.8. The van der Waals surface area contributed by atoms with Crippen LogP contribution < -0.4 is 10.6 Å². The Morgan fingerprint density at radius 2 is 2.08 bits per heavy atom. The summed E-state index contributed by atoms with van der Waals surface area (Å²) in [5, 5.41) is 6.23. The van der Waals surface area contributed by atoms with Crippen molar-refractivity contribution in [3.05, 3.63) is 36.4 Å². The molecule has 1 aromatic heterocycles.